The minimum absolute atomic E-state index is 0.0810. The molecule has 0 bridgehead atoms. The van der Waals surface area contributed by atoms with Gasteiger partial charge in [0.1, 0.15) is 6.61 Å². The molecule has 0 amide bonds. The molecule has 1 aliphatic heterocycles. The third-order valence-corrected chi connectivity index (χ3v) is 0.752. The lowest BCUT2D eigenvalue weighted by Crippen LogP contribution is -2.22. The number of hydrogen-bond donors (Lipinski definition) is 2. The van der Waals surface area contributed by atoms with Crippen molar-refractivity contribution in [1.82, 2.24) is 0 Å². The fourth-order valence-electron chi connectivity index (χ4n) is 0.192. The predicted octanol–water partition coefficient (Wildman–Crippen LogP) is -1.21. The van der Waals surface area contributed by atoms with E-state index in [0.29, 0.717) is 0 Å². The van der Waals surface area contributed by atoms with Crippen LogP contribution >= 0.6 is 0 Å². The molecule has 0 aromatic carbocycles. The van der Waals surface area contributed by atoms with Crippen LogP contribution in [0, 0.1) is 0 Å². The molecule has 1 atom stereocenters. The van der Waals surface area contributed by atoms with E-state index in [4.69, 9.17) is 10.2 Å². The fraction of sp³-hybridized carbons (Fsp3) is 0.667. The second kappa shape index (κ2) is 0.962. The van der Waals surface area contributed by atoms with Crippen molar-refractivity contribution in [3.8, 4) is 0 Å². The highest BCUT2D eigenvalue weighted by Gasteiger charge is 2.51. The molecule has 1 unspecified atom stereocenters. The van der Waals surface area contributed by atoms with Crippen LogP contribution in [0.4, 0.5) is 0 Å². The molecule has 1 aliphatic rings. The van der Waals surface area contributed by atoms with Gasteiger partial charge in [-0.1, -0.05) is 0 Å². The molecule has 2 N–H and O–H groups in total. The summed E-state index contributed by atoms with van der Waals surface area (Å²) in [6.07, 6.45) is 0. The molecular weight excluding hydrogens is 100 g/mol. The Labute approximate surface area is 39.3 Å². The van der Waals surface area contributed by atoms with Gasteiger partial charge in [0, 0.05) is 0 Å². The van der Waals surface area contributed by atoms with Gasteiger partial charge in [-0.2, -0.15) is 0 Å². The molecule has 4 nitrogen and oxygen atoms in total. The zero-order chi connectivity index (χ0) is 5.49. The Balaban J connectivity index is 2.55. The number of ether oxygens (including phenoxy) is 1. The summed E-state index contributed by atoms with van der Waals surface area (Å²) in [5.41, 5.74) is 0. The second-order valence-corrected chi connectivity index (χ2v) is 1.38. The summed E-state index contributed by atoms with van der Waals surface area (Å²) < 4.78 is 4.11. The number of carbonyl (C=O) groups is 1. The lowest BCUT2D eigenvalue weighted by molar-refractivity contribution is -0.157. The lowest BCUT2D eigenvalue weighted by atomic mass is 10.4. The van der Waals surface area contributed by atoms with E-state index in [2.05, 4.69) is 4.74 Å². The Kier molecular flexibility index (Phi) is 0.625. The van der Waals surface area contributed by atoms with Gasteiger partial charge >= 0.3 is 5.97 Å². The van der Waals surface area contributed by atoms with E-state index in [9.17, 15) is 4.79 Å². The highest BCUT2D eigenvalue weighted by Crippen LogP contribution is 2.21. The van der Waals surface area contributed by atoms with Crippen LogP contribution in [0.5, 0.6) is 0 Å². The molecule has 0 aromatic rings. The average Bonchev–Trinajstić information content (AvgIpc) is 2.21. The van der Waals surface area contributed by atoms with Gasteiger partial charge in [-0.25, -0.2) is 4.79 Å². The van der Waals surface area contributed by atoms with Crippen LogP contribution in [0.25, 0.3) is 0 Å². The number of carboxylic acid groups (broad SMARTS) is 1. The highest BCUT2D eigenvalue weighted by molar-refractivity contribution is 5.77. The maximum atomic E-state index is 9.71. The molecule has 0 saturated carbocycles. The normalized spacial score (nSPS) is 37.9. The first-order valence-electron chi connectivity index (χ1n) is 1.75. The Morgan fingerprint density at radius 2 is 2.29 bits per heavy atom. The van der Waals surface area contributed by atoms with Crippen molar-refractivity contribution < 1.29 is 19.7 Å². The van der Waals surface area contributed by atoms with Gasteiger partial charge in [-0.15, -0.1) is 0 Å². The van der Waals surface area contributed by atoms with E-state index in [1.807, 2.05) is 0 Å². The van der Waals surface area contributed by atoms with Crippen molar-refractivity contribution in [2.24, 2.45) is 0 Å². The summed E-state index contributed by atoms with van der Waals surface area (Å²) in [5, 5.41) is 16.3. The van der Waals surface area contributed by atoms with Crippen LogP contribution < -0.4 is 0 Å². The summed E-state index contributed by atoms with van der Waals surface area (Å²) in [5.74, 6) is -3.15. The van der Waals surface area contributed by atoms with Crippen molar-refractivity contribution in [2.45, 2.75) is 5.79 Å². The first-order valence-corrected chi connectivity index (χ1v) is 1.75. The first kappa shape index (κ1) is 4.55. The largest absolute Gasteiger partial charge is 0.477 e. The molecule has 0 aromatic heterocycles. The first-order chi connectivity index (χ1) is 3.15. The summed E-state index contributed by atoms with van der Waals surface area (Å²) in [6.45, 7) is -0.0810. The number of rotatable bonds is 1. The average molecular weight is 104 g/mol. The maximum Gasteiger partial charge on any atom is 0.366 e. The summed E-state index contributed by atoms with van der Waals surface area (Å²) in [4.78, 5) is 9.71. The lowest BCUT2D eigenvalue weighted by Gasteiger charge is -1.89. The number of epoxide rings is 1. The number of hydrogen-bond acceptors (Lipinski definition) is 3. The second-order valence-electron chi connectivity index (χ2n) is 1.38. The maximum absolute atomic E-state index is 9.71. The molecule has 4 heteroatoms. The van der Waals surface area contributed by atoms with E-state index in [-0.39, 0.29) is 6.61 Å². The molecule has 7 heavy (non-hydrogen) atoms. The van der Waals surface area contributed by atoms with E-state index in [1.54, 1.807) is 0 Å². The van der Waals surface area contributed by atoms with E-state index in [0.717, 1.165) is 0 Å². The summed E-state index contributed by atoms with van der Waals surface area (Å²) in [7, 11) is 0. The number of aliphatic hydroxyl groups is 1. The SMILES string of the molecule is O=C(O)C1(O)CO1. The minimum Gasteiger partial charge on any atom is -0.477 e. The predicted molar refractivity (Wildman–Crippen MR) is 18.5 cm³/mol. The Morgan fingerprint density at radius 1 is 1.86 bits per heavy atom. The zero-order valence-electron chi connectivity index (χ0n) is 3.42. The molecule has 1 rings (SSSR count). The van der Waals surface area contributed by atoms with Gasteiger partial charge in [-0.3, -0.25) is 0 Å². The van der Waals surface area contributed by atoms with Crippen LogP contribution in [0.3, 0.4) is 0 Å². The van der Waals surface area contributed by atoms with Crippen LogP contribution in [0.15, 0.2) is 0 Å². The highest BCUT2D eigenvalue weighted by atomic mass is 16.7. The third kappa shape index (κ3) is 0.574. The van der Waals surface area contributed by atoms with E-state index >= 15 is 0 Å². The Bertz CT molecular complexity index is 104. The van der Waals surface area contributed by atoms with Crippen molar-refractivity contribution in [3.05, 3.63) is 0 Å². The van der Waals surface area contributed by atoms with Gasteiger partial charge in [0.25, 0.3) is 5.79 Å². The van der Waals surface area contributed by atoms with Crippen molar-refractivity contribution >= 4 is 5.97 Å². The zero-order valence-corrected chi connectivity index (χ0v) is 3.42. The van der Waals surface area contributed by atoms with Gasteiger partial charge in [0.15, 0.2) is 0 Å². The summed E-state index contributed by atoms with van der Waals surface area (Å²) >= 11 is 0. The molecule has 1 saturated heterocycles. The standard InChI is InChI=1S/C3H4O4/c4-2(5)3(6)1-7-3/h6H,1H2,(H,4,5). The quantitative estimate of drug-likeness (QED) is 0.409. The van der Waals surface area contributed by atoms with Crippen molar-refractivity contribution in [3.63, 3.8) is 0 Å². The van der Waals surface area contributed by atoms with Crippen LogP contribution in [-0.2, 0) is 9.53 Å². The Hall–Kier alpha value is -0.610. The van der Waals surface area contributed by atoms with Gasteiger partial charge in [-0.05, 0) is 0 Å². The molecule has 0 aliphatic carbocycles. The molecule has 0 spiro atoms. The number of aliphatic carboxylic acids is 1. The van der Waals surface area contributed by atoms with Crippen molar-refractivity contribution in [1.29, 1.82) is 0 Å². The van der Waals surface area contributed by atoms with Crippen LogP contribution in [-0.4, -0.2) is 28.6 Å². The smallest absolute Gasteiger partial charge is 0.366 e. The fourth-order valence-corrected chi connectivity index (χ4v) is 0.192. The van der Waals surface area contributed by atoms with Crippen LogP contribution in [0.1, 0.15) is 0 Å². The molecule has 1 fully saturated rings. The monoisotopic (exact) mass is 104 g/mol. The molecular formula is C3H4O4. The van der Waals surface area contributed by atoms with Gasteiger partial charge < -0.3 is 14.9 Å². The van der Waals surface area contributed by atoms with Gasteiger partial charge in [0.05, 0.1) is 0 Å². The molecule has 40 valence electrons. The molecule has 1 heterocycles. The van der Waals surface area contributed by atoms with Crippen LogP contribution in [0.2, 0.25) is 0 Å². The van der Waals surface area contributed by atoms with Gasteiger partial charge in [0.2, 0.25) is 0 Å². The number of carboxylic acids is 1. The summed E-state index contributed by atoms with van der Waals surface area (Å²) in [6, 6.07) is 0. The van der Waals surface area contributed by atoms with E-state index < -0.39 is 11.8 Å². The third-order valence-electron chi connectivity index (χ3n) is 0.752. The molecule has 0 radical (unpaired) electrons. The minimum atomic E-state index is -1.83. The Morgan fingerprint density at radius 3 is 2.29 bits per heavy atom. The van der Waals surface area contributed by atoms with E-state index in [1.165, 1.54) is 0 Å². The van der Waals surface area contributed by atoms with Crippen molar-refractivity contribution in [2.75, 3.05) is 6.61 Å². The topological polar surface area (TPSA) is 70.1 Å².